The van der Waals surface area contributed by atoms with Gasteiger partial charge in [0.2, 0.25) is 11.8 Å². The van der Waals surface area contributed by atoms with Gasteiger partial charge < -0.3 is 10.2 Å². The average molecular weight is 550 g/mol. The van der Waals surface area contributed by atoms with Crippen molar-refractivity contribution in [1.82, 2.24) is 10.2 Å². The van der Waals surface area contributed by atoms with Gasteiger partial charge in [0, 0.05) is 12.6 Å². The van der Waals surface area contributed by atoms with E-state index in [1.807, 2.05) is 71.0 Å². The summed E-state index contributed by atoms with van der Waals surface area (Å²) in [6.07, 6.45) is 1.14. The lowest BCUT2D eigenvalue weighted by molar-refractivity contribution is -0.140. The standard InChI is InChI=1S/C31H39N3O4S/c1-6-24(4)32-31(36)28(7-2)33(21-26-16-10-8-11-17-26)30(35)22-34(29-20-14-15-23(3)25(29)5)39(37,38)27-18-12-9-13-19-27/h8-20,24,28H,6-7,21-22H2,1-5H3,(H,32,36)/t24-,28-/m0/s1. The molecule has 1 N–H and O–H groups in total. The van der Waals surface area contributed by atoms with E-state index >= 15 is 0 Å². The van der Waals surface area contributed by atoms with Crippen LogP contribution in [0.25, 0.3) is 0 Å². The second-order valence-corrected chi connectivity index (χ2v) is 11.7. The van der Waals surface area contributed by atoms with Crippen LogP contribution in [0.2, 0.25) is 0 Å². The minimum Gasteiger partial charge on any atom is -0.352 e. The molecule has 0 fully saturated rings. The van der Waals surface area contributed by atoms with E-state index in [1.165, 1.54) is 21.3 Å². The summed E-state index contributed by atoms with van der Waals surface area (Å²) in [5.41, 5.74) is 2.96. The average Bonchev–Trinajstić information content (AvgIpc) is 2.94. The van der Waals surface area contributed by atoms with Crippen molar-refractivity contribution in [3.8, 4) is 0 Å². The number of aryl methyl sites for hydroxylation is 1. The van der Waals surface area contributed by atoms with Crippen molar-refractivity contribution in [2.45, 2.75) is 71.0 Å². The van der Waals surface area contributed by atoms with Crippen LogP contribution in [0.15, 0.2) is 83.8 Å². The van der Waals surface area contributed by atoms with Crippen molar-refractivity contribution in [3.63, 3.8) is 0 Å². The molecule has 0 aliphatic rings. The van der Waals surface area contributed by atoms with Crippen molar-refractivity contribution in [3.05, 3.63) is 95.6 Å². The molecule has 3 aromatic carbocycles. The van der Waals surface area contributed by atoms with Gasteiger partial charge in [0.15, 0.2) is 0 Å². The number of carbonyl (C=O) groups is 2. The minimum absolute atomic E-state index is 0.0508. The zero-order valence-corrected chi connectivity index (χ0v) is 24.2. The van der Waals surface area contributed by atoms with Gasteiger partial charge in [-0.1, -0.05) is 74.5 Å². The highest BCUT2D eigenvalue weighted by molar-refractivity contribution is 7.92. The maximum atomic E-state index is 14.1. The van der Waals surface area contributed by atoms with Gasteiger partial charge in [-0.05, 0) is 68.5 Å². The SMILES string of the molecule is CC[C@H](C)NC(=O)[C@H](CC)N(Cc1ccccc1)C(=O)CN(c1cccc(C)c1C)S(=O)(=O)c1ccccc1. The zero-order valence-electron chi connectivity index (χ0n) is 23.4. The molecule has 0 aromatic heterocycles. The Labute approximate surface area is 232 Å². The summed E-state index contributed by atoms with van der Waals surface area (Å²) in [5, 5.41) is 2.99. The van der Waals surface area contributed by atoms with Gasteiger partial charge in [-0.2, -0.15) is 0 Å². The lowest BCUT2D eigenvalue weighted by atomic mass is 10.1. The number of hydrogen-bond donors (Lipinski definition) is 1. The molecule has 3 aromatic rings. The van der Waals surface area contributed by atoms with Crippen LogP contribution in [0.3, 0.4) is 0 Å². The van der Waals surface area contributed by atoms with Crippen LogP contribution < -0.4 is 9.62 Å². The van der Waals surface area contributed by atoms with Gasteiger partial charge in [0.05, 0.1) is 10.6 Å². The predicted octanol–water partition coefficient (Wildman–Crippen LogP) is 5.22. The number of sulfonamides is 1. The summed E-state index contributed by atoms with van der Waals surface area (Å²) in [6, 6.07) is 22.1. The molecule has 0 aliphatic heterocycles. The first-order valence-electron chi connectivity index (χ1n) is 13.4. The third-order valence-electron chi connectivity index (χ3n) is 7.04. The van der Waals surface area contributed by atoms with Crippen LogP contribution in [0.5, 0.6) is 0 Å². The molecule has 3 rings (SSSR count). The second-order valence-electron chi connectivity index (χ2n) is 9.79. The van der Waals surface area contributed by atoms with E-state index < -0.39 is 28.5 Å². The van der Waals surface area contributed by atoms with Crippen LogP contribution in [0.1, 0.15) is 50.3 Å². The molecule has 2 amide bonds. The van der Waals surface area contributed by atoms with Crippen LogP contribution in [0, 0.1) is 13.8 Å². The van der Waals surface area contributed by atoms with E-state index in [4.69, 9.17) is 0 Å². The molecular formula is C31H39N3O4S. The van der Waals surface area contributed by atoms with Gasteiger partial charge in [0.1, 0.15) is 12.6 Å². The lowest BCUT2D eigenvalue weighted by Gasteiger charge is -2.34. The highest BCUT2D eigenvalue weighted by atomic mass is 32.2. The molecule has 2 atom stereocenters. The number of benzene rings is 3. The van der Waals surface area contributed by atoms with Gasteiger partial charge >= 0.3 is 0 Å². The number of anilines is 1. The van der Waals surface area contributed by atoms with Crippen molar-refractivity contribution < 1.29 is 18.0 Å². The fourth-order valence-electron chi connectivity index (χ4n) is 4.38. The Balaban J connectivity index is 2.08. The van der Waals surface area contributed by atoms with Gasteiger partial charge in [-0.3, -0.25) is 13.9 Å². The molecular weight excluding hydrogens is 510 g/mol. The van der Waals surface area contributed by atoms with E-state index in [2.05, 4.69) is 5.32 Å². The van der Waals surface area contributed by atoms with Gasteiger partial charge in [-0.15, -0.1) is 0 Å². The van der Waals surface area contributed by atoms with Crippen molar-refractivity contribution in [2.24, 2.45) is 0 Å². The highest BCUT2D eigenvalue weighted by Gasteiger charge is 2.34. The first-order chi connectivity index (χ1) is 18.6. The third kappa shape index (κ3) is 7.26. The summed E-state index contributed by atoms with van der Waals surface area (Å²) in [5.74, 6) is -0.703. The number of amides is 2. The quantitative estimate of drug-likeness (QED) is 0.336. The Kier molecular flexibility index (Phi) is 10.3. The summed E-state index contributed by atoms with van der Waals surface area (Å²) in [4.78, 5) is 29.0. The maximum absolute atomic E-state index is 14.1. The highest BCUT2D eigenvalue weighted by Crippen LogP contribution is 2.29. The maximum Gasteiger partial charge on any atom is 0.264 e. The van der Waals surface area contributed by atoms with E-state index in [0.29, 0.717) is 12.1 Å². The zero-order chi connectivity index (χ0) is 28.6. The van der Waals surface area contributed by atoms with Gasteiger partial charge in [0.25, 0.3) is 10.0 Å². The summed E-state index contributed by atoms with van der Waals surface area (Å²) in [7, 11) is -4.09. The Morgan fingerprint density at radius 1 is 0.846 bits per heavy atom. The van der Waals surface area contributed by atoms with Crippen LogP contribution in [-0.4, -0.2) is 43.8 Å². The molecule has 7 nitrogen and oxygen atoms in total. The van der Waals surface area contributed by atoms with E-state index in [0.717, 1.165) is 23.1 Å². The molecule has 0 bridgehead atoms. The Bertz CT molecular complexity index is 1360. The molecule has 39 heavy (non-hydrogen) atoms. The van der Waals surface area contributed by atoms with E-state index in [-0.39, 0.29) is 23.4 Å². The number of nitrogens with one attached hydrogen (secondary N) is 1. The van der Waals surface area contributed by atoms with Crippen molar-refractivity contribution in [2.75, 3.05) is 10.8 Å². The van der Waals surface area contributed by atoms with Crippen molar-refractivity contribution in [1.29, 1.82) is 0 Å². The summed E-state index contributed by atoms with van der Waals surface area (Å²) >= 11 is 0. The first-order valence-corrected chi connectivity index (χ1v) is 14.8. The molecule has 0 radical (unpaired) electrons. The Morgan fingerprint density at radius 2 is 1.46 bits per heavy atom. The Hall–Kier alpha value is -3.65. The molecule has 0 saturated heterocycles. The third-order valence-corrected chi connectivity index (χ3v) is 8.81. The Morgan fingerprint density at radius 3 is 2.05 bits per heavy atom. The number of carbonyl (C=O) groups excluding carboxylic acids is 2. The smallest absolute Gasteiger partial charge is 0.264 e. The van der Waals surface area contributed by atoms with Crippen LogP contribution in [0.4, 0.5) is 5.69 Å². The number of hydrogen-bond acceptors (Lipinski definition) is 4. The fraction of sp³-hybridized carbons (Fsp3) is 0.355. The number of rotatable bonds is 12. The van der Waals surface area contributed by atoms with Gasteiger partial charge in [-0.25, -0.2) is 8.42 Å². The molecule has 0 spiro atoms. The normalized spacial score (nSPS) is 12.8. The molecule has 8 heteroatoms. The largest absolute Gasteiger partial charge is 0.352 e. The summed E-state index contributed by atoms with van der Waals surface area (Å²) < 4.78 is 29.1. The van der Waals surface area contributed by atoms with Crippen molar-refractivity contribution >= 4 is 27.5 Å². The fourth-order valence-corrected chi connectivity index (χ4v) is 5.87. The molecule has 0 heterocycles. The molecule has 0 saturated carbocycles. The first kappa shape index (κ1) is 29.9. The monoisotopic (exact) mass is 549 g/mol. The molecule has 208 valence electrons. The van der Waals surface area contributed by atoms with Crippen LogP contribution in [-0.2, 0) is 26.2 Å². The van der Waals surface area contributed by atoms with Crippen LogP contribution >= 0.6 is 0 Å². The molecule has 0 aliphatic carbocycles. The molecule has 0 unspecified atom stereocenters. The topological polar surface area (TPSA) is 86.8 Å². The minimum atomic E-state index is -4.09. The number of nitrogens with zero attached hydrogens (tertiary/aromatic N) is 2. The predicted molar refractivity (Wildman–Crippen MR) is 156 cm³/mol. The summed E-state index contributed by atoms with van der Waals surface area (Å²) in [6.45, 7) is 9.24. The second kappa shape index (κ2) is 13.4. The van der Waals surface area contributed by atoms with E-state index in [1.54, 1.807) is 30.3 Å². The lowest BCUT2D eigenvalue weighted by Crippen LogP contribution is -2.53. The van der Waals surface area contributed by atoms with E-state index in [9.17, 15) is 18.0 Å².